The first kappa shape index (κ1) is 20.6. The Bertz CT molecular complexity index is 868. The molecule has 27 heavy (non-hydrogen) atoms. The Balaban J connectivity index is 1.77. The third kappa shape index (κ3) is 7.18. The summed E-state index contributed by atoms with van der Waals surface area (Å²) in [6, 6.07) is 9.06. The van der Waals surface area contributed by atoms with Crippen molar-refractivity contribution in [2.45, 2.75) is 27.2 Å². The zero-order chi connectivity index (χ0) is 19.8. The van der Waals surface area contributed by atoms with Crippen LogP contribution in [0.1, 0.15) is 24.5 Å². The molecule has 2 N–H and O–H groups in total. The molecule has 2 aromatic rings. The van der Waals surface area contributed by atoms with E-state index in [2.05, 4.69) is 36.8 Å². The van der Waals surface area contributed by atoms with E-state index in [1.807, 2.05) is 32.0 Å². The van der Waals surface area contributed by atoms with Crippen LogP contribution in [0.25, 0.3) is 0 Å². The number of carbonyl (C=O) groups excluding carboxylic acids is 2. The highest BCUT2D eigenvalue weighted by Gasteiger charge is 2.07. The van der Waals surface area contributed by atoms with E-state index in [0.29, 0.717) is 17.3 Å². The quantitative estimate of drug-likeness (QED) is 0.518. The van der Waals surface area contributed by atoms with Crippen LogP contribution in [-0.2, 0) is 9.59 Å². The van der Waals surface area contributed by atoms with Crippen molar-refractivity contribution in [1.29, 1.82) is 0 Å². The van der Waals surface area contributed by atoms with Crippen molar-refractivity contribution in [2.75, 3.05) is 11.9 Å². The average molecular weight is 433 g/mol. The first-order valence-electron chi connectivity index (χ1n) is 8.27. The van der Waals surface area contributed by atoms with Crippen molar-refractivity contribution in [2.24, 2.45) is 5.10 Å². The molecule has 1 aromatic heterocycles. The summed E-state index contributed by atoms with van der Waals surface area (Å²) in [6.07, 6.45) is 1.67. The summed E-state index contributed by atoms with van der Waals surface area (Å²) in [4.78, 5) is 27.9. The molecule has 0 saturated carbocycles. The predicted octanol–water partition coefficient (Wildman–Crippen LogP) is 3.36. The lowest BCUT2D eigenvalue weighted by Crippen LogP contribution is -2.26. The third-order valence-corrected chi connectivity index (χ3v) is 4.36. The second kappa shape index (κ2) is 9.82. The van der Waals surface area contributed by atoms with Gasteiger partial charge < -0.3 is 10.1 Å². The first-order valence-corrected chi connectivity index (χ1v) is 9.06. The van der Waals surface area contributed by atoms with Crippen LogP contribution in [0.4, 0.5) is 5.82 Å². The molecule has 0 radical (unpaired) electrons. The van der Waals surface area contributed by atoms with Crippen molar-refractivity contribution in [3.8, 4) is 5.75 Å². The number of hydrogen-bond acceptors (Lipinski definition) is 5. The van der Waals surface area contributed by atoms with E-state index in [1.54, 1.807) is 25.3 Å². The Morgan fingerprint density at radius 3 is 2.67 bits per heavy atom. The summed E-state index contributed by atoms with van der Waals surface area (Å²) in [6.45, 7) is 5.33. The second-order valence-corrected chi connectivity index (χ2v) is 6.88. The van der Waals surface area contributed by atoms with Crippen molar-refractivity contribution < 1.29 is 14.3 Å². The molecule has 8 heteroatoms. The number of aryl methyl sites for hydroxylation is 2. The number of ether oxygens (including phenoxy) is 1. The molecule has 2 amide bonds. The van der Waals surface area contributed by atoms with Gasteiger partial charge in [0.05, 0.1) is 6.42 Å². The van der Waals surface area contributed by atoms with Crippen LogP contribution in [0.5, 0.6) is 5.75 Å². The van der Waals surface area contributed by atoms with Gasteiger partial charge in [-0.05, 0) is 62.2 Å². The van der Waals surface area contributed by atoms with Crippen molar-refractivity contribution in [3.63, 3.8) is 0 Å². The fourth-order valence-electron chi connectivity index (χ4n) is 2.11. The van der Waals surface area contributed by atoms with Gasteiger partial charge >= 0.3 is 0 Å². The van der Waals surface area contributed by atoms with Gasteiger partial charge in [-0.25, -0.2) is 10.4 Å². The van der Waals surface area contributed by atoms with Crippen LogP contribution in [0.15, 0.2) is 46.1 Å². The van der Waals surface area contributed by atoms with Crippen LogP contribution in [0.2, 0.25) is 0 Å². The molecule has 1 aromatic carbocycles. The Hall–Kier alpha value is -2.74. The maximum Gasteiger partial charge on any atom is 0.277 e. The molecular weight excluding hydrogens is 412 g/mol. The van der Waals surface area contributed by atoms with E-state index in [1.165, 1.54) is 0 Å². The summed E-state index contributed by atoms with van der Waals surface area (Å²) < 4.78 is 6.39. The number of pyridine rings is 1. The summed E-state index contributed by atoms with van der Waals surface area (Å²) in [5.41, 5.74) is 4.85. The predicted molar refractivity (Wildman–Crippen MR) is 108 cm³/mol. The fraction of sp³-hybridized carbons (Fsp3) is 0.263. The minimum Gasteiger partial charge on any atom is -0.484 e. The molecule has 7 nitrogen and oxygen atoms in total. The van der Waals surface area contributed by atoms with E-state index in [-0.39, 0.29) is 18.9 Å². The van der Waals surface area contributed by atoms with Gasteiger partial charge in [0.1, 0.15) is 11.6 Å². The Morgan fingerprint density at radius 1 is 1.19 bits per heavy atom. The topological polar surface area (TPSA) is 92.7 Å². The van der Waals surface area contributed by atoms with Crippen LogP contribution in [0, 0.1) is 13.8 Å². The standard InChI is InChI=1S/C19H21BrN4O3/c1-12-6-7-21-17(8-12)22-18(25)10-14(3)23-24-19(26)11-27-15-4-5-16(20)13(2)9-15/h4-9H,10-11H2,1-3H3,(H,24,26)(H,21,22,25)/b23-14-. The lowest BCUT2D eigenvalue weighted by molar-refractivity contribution is -0.123. The number of nitrogens with one attached hydrogen (secondary N) is 2. The molecule has 0 fully saturated rings. The summed E-state index contributed by atoms with van der Waals surface area (Å²) in [5.74, 6) is 0.410. The van der Waals surface area contributed by atoms with Gasteiger partial charge in [0.25, 0.3) is 5.91 Å². The summed E-state index contributed by atoms with van der Waals surface area (Å²) in [5, 5.41) is 6.60. The number of aromatic nitrogens is 1. The van der Waals surface area contributed by atoms with Crippen LogP contribution < -0.4 is 15.5 Å². The minimum absolute atomic E-state index is 0.0443. The van der Waals surface area contributed by atoms with Gasteiger partial charge in [0.2, 0.25) is 5.91 Å². The second-order valence-electron chi connectivity index (χ2n) is 6.03. The minimum atomic E-state index is -0.407. The van der Waals surface area contributed by atoms with Gasteiger partial charge in [-0.15, -0.1) is 0 Å². The number of hydrazone groups is 1. The van der Waals surface area contributed by atoms with Crippen LogP contribution in [-0.4, -0.2) is 29.1 Å². The number of amides is 2. The molecule has 0 aliphatic carbocycles. The molecule has 0 unspecified atom stereocenters. The molecule has 2 rings (SSSR count). The lowest BCUT2D eigenvalue weighted by atomic mass is 10.2. The smallest absolute Gasteiger partial charge is 0.277 e. The third-order valence-electron chi connectivity index (χ3n) is 3.47. The maximum atomic E-state index is 12.0. The SMILES string of the molecule is C/C(CC(=O)Nc1cc(C)ccn1)=N/NC(=O)COc1ccc(Br)c(C)c1. The average Bonchev–Trinajstić information content (AvgIpc) is 2.61. The van der Waals surface area contributed by atoms with Crippen molar-refractivity contribution in [1.82, 2.24) is 10.4 Å². The number of anilines is 1. The number of hydrogen-bond donors (Lipinski definition) is 2. The first-order chi connectivity index (χ1) is 12.8. The molecular formula is C19H21BrN4O3. The normalized spacial score (nSPS) is 11.0. The van der Waals surface area contributed by atoms with Crippen LogP contribution in [0.3, 0.4) is 0 Å². The van der Waals surface area contributed by atoms with E-state index in [4.69, 9.17) is 4.74 Å². The molecule has 142 valence electrons. The monoisotopic (exact) mass is 432 g/mol. The molecule has 0 aliphatic heterocycles. The zero-order valence-electron chi connectivity index (χ0n) is 15.4. The van der Waals surface area contributed by atoms with Crippen molar-refractivity contribution in [3.05, 3.63) is 52.1 Å². The number of halogens is 1. The van der Waals surface area contributed by atoms with Crippen molar-refractivity contribution >= 4 is 39.3 Å². The highest BCUT2D eigenvalue weighted by Crippen LogP contribution is 2.21. The molecule has 0 aliphatic rings. The molecule has 0 spiro atoms. The molecule has 0 atom stereocenters. The molecule has 0 saturated heterocycles. The molecule has 1 heterocycles. The molecule has 0 bridgehead atoms. The highest BCUT2D eigenvalue weighted by atomic mass is 79.9. The van der Waals surface area contributed by atoms with E-state index in [0.717, 1.165) is 15.6 Å². The summed E-state index contributed by atoms with van der Waals surface area (Å²) in [7, 11) is 0. The number of nitrogens with zero attached hydrogens (tertiary/aromatic N) is 2. The maximum absolute atomic E-state index is 12.0. The lowest BCUT2D eigenvalue weighted by Gasteiger charge is -2.07. The van der Waals surface area contributed by atoms with E-state index in [9.17, 15) is 9.59 Å². The van der Waals surface area contributed by atoms with E-state index < -0.39 is 5.91 Å². The fourth-order valence-corrected chi connectivity index (χ4v) is 2.36. The van der Waals surface area contributed by atoms with Gasteiger partial charge in [0.15, 0.2) is 6.61 Å². The summed E-state index contributed by atoms with van der Waals surface area (Å²) >= 11 is 3.40. The Labute approximate surface area is 166 Å². The largest absolute Gasteiger partial charge is 0.484 e. The van der Waals surface area contributed by atoms with Gasteiger partial charge in [-0.3, -0.25) is 9.59 Å². The van der Waals surface area contributed by atoms with Gasteiger partial charge in [-0.1, -0.05) is 15.9 Å². The van der Waals surface area contributed by atoms with Gasteiger partial charge in [-0.2, -0.15) is 5.10 Å². The van der Waals surface area contributed by atoms with E-state index >= 15 is 0 Å². The number of carbonyl (C=O) groups is 2. The highest BCUT2D eigenvalue weighted by molar-refractivity contribution is 9.10. The Kier molecular flexibility index (Phi) is 7.48. The van der Waals surface area contributed by atoms with Crippen LogP contribution >= 0.6 is 15.9 Å². The number of rotatable bonds is 7. The zero-order valence-corrected chi connectivity index (χ0v) is 17.0. The Morgan fingerprint density at radius 2 is 1.96 bits per heavy atom. The number of benzene rings is 1. The van der Waals surface area contributed by atoms with Gasteiger partial charge in [0, 0.05) is 16.4 Å².